The van der Waals surface area contributed by atoms with Crippen LogP contribution in [0.25, 0.3) is 5.69 Å². The molecule has 0 saturated heterocycles. The Morgan fingerprint density at radius 1 is 1.04 bits per heavy atom. The normalized spacial score (nSPS) is 22.1. The van der Waals surface area contributed by atoms with Gasteiger partial charge in [0.05, 0.1) is 11.4 Å². The molecule has 6 heteroatoms. The van der Waals surface area contributed by atoms with E-state index in [0.717, 1.165) is 73.1 Å². The van der Waals surface area contributed by atoms with Crippen molar-refractivity contribution in [2.45, 2.75) is 63.7 Å². The van der Waals surface area contributed by atoms with Gasteiger partial charge in [-0.25, -0.2) is 0 Å². The molecule has 0 unspecified atom stereocenters. The summed E-state index contributed by atoms with van der Waals surface area (Å²) in [5.41, 5.74) is 3.61. The summed E-state index contributed by atoms with van der Waals surface area (Å²) in [6.45, 7) is 1.96. The highest BCUT2D eigenvalue weighted by molar-refractivity contribution is 6.30. The minimum absolute atomic E-state index is 0.442. The van der Waals surface area contributed by atoms with Crippen LogP contribution < -0.4 is 0 Å². The maximum Gasteiger partial charge on any atom is 0.140 e. The summed E-state index contributed by atoms with van der Waals surface area (Å²) in [6.07, 6.45) is 7.54. The highest BCUT2D eigenvalue weighted by Gasteiger charge is 2.30. The molecule has 0 N–H and O–H groups in total. The fourth-order valence-electron chi connectivity index (χ4n) is 4.65. The first-order valence-electron chi connectivity index (χ1n) is 9.85. The van der Waals surface area contributed by atoms with E-state index in [1.807, 2.05) is 13.0 Å². The largest absolute Gasteiger partial charge is 0.361 e. The highest BCUT2D eigenvalue weighted by Crippen LogP contribution is 2.41. The fraction of sp³-hybridized carbons (Fsp3) is 0.476. The molecule has 2 aromatic heterocycles. The third-order valence-electron chi connectivity index (χ3n) is 6.04. The van der Waals surface area contributed by atoms with E-state index in [-0.39, 0.29) is 0 Å². The molecular formula is C21H23ClN4O. The Morgan fingerprint density at radius 3 is 2.63 bits per heavy atom. The molecule has 3 aromatic rings. The molecule has 1 aromatic carbocycles. The van der Waals surface area contributed by atoms with Gasteiger partial charge in [0.15, 0.2) is 0 Å². The Bertz CT molecular complexity index is 968. The van der Waals surface area contributed by atoms with Crippen molar-refractivity contribution in [2.75, 3.05) is 0 Å². The molecule has 5 nitrogen and oxygen atoms in total. The van der Waals surface area contributed by atoms with Crippen molar-refractivity contribution in [3.63, 3.8) is 0 Å². The molecule has 140 valence electrons. The number of hydrogen-bond acceptors (Lipinski definition) is 4. The first kappa shape index (κ1) is 17.0. The Kier molecular flexibility index (Phi) is 4.27. The van der Waals surface area contributed by atoms with Crippen molar-refractivity contribution >= 4 is 11.6 Å². The lowest BCUT2D eigenvalue weighted by atomic mass is 9.80. The van der Waals surface area contributed by atoms with Gasteiger partial charge in [-0.3, -0.25) is 4.57 Å². The summed E-state index contributed by atoms with van der Waals surface area (Å²) in [7, 11) is 0. The highest BCUT2D eigenvalue weighted by atomic mass is 35.5. The number of aryl methyl sites for hydroxylation is 3. The van der Waals surface area contributed by atoms with E-state index in [0.29, 0.717) is 11.8 Å². The summed E-state index contributed by atoms with van der Waals surface area (Å²) >= 11 is 6.24. The molecule has 1 aliphatic heterocycles. The molecule has 2 aliphatic rings. The number of nitrogens with zero attached hydrogens (tertiary/aromatic N) is 4. The maximum absolute atomic E-state index is 6.24. The number of benzene rings is 1. The van der Waals surface area contributed by atoms with Crippen molar-refractivity contribution in [3.8, 4) is 5.69 Å². The third-order valence-corrected chi connectivity index (χ3v) is 6.28. The van der Waals surface area contributed by atoms with Crippen molar-refractivity contribution in [1.29, 1.82) is 0 Å². The number of hydrogen-bond donors (Lipinski definition) is 0. The lowest BCUT2D eigenvalue weighted by molar-refractivity contribution is 0.347. The van der Waals surface area contributed by atoms with Crippen LogP contribution in [0.15, 0.2) is 28.8 Å². The molecule has 1 aliphatic carbocycles. The van der Waals surface area contributed by atoms with Gasteiger partial charge in [-0.2, -0.15) is 0 Å². The van der Waals surface area contributed by atoms with E-state index in [4.69, 9.17) is 16.1 Å². The first-order valence-corrected chi connectivity index (χ1v) is 10.2. The fourth-order valence-corrected chi connectivity index (χ4v) is 4.85. The summed E-state index contributed by atoms with van der Waals surface area (Å²) in [5.74, 6) is 4.03. The first-order chi connectivity index (χ1) is 13.2. The molecular weight excluding hydrogens is 360 g/mol. The van der Waals surface area contributed by atoms with Crippen LogP contribution in [0.4, 0.5) is 0 Å². The summed E-state index contributed by atoms with van der Waals surface area (Å²) < 4.78 is 7.58. The van der Waals surface area contributed by atoms with Crippen LogP contribution in [0.3, 0.4) is 0 Å². The van der Waals surface area contributed by atoms with Crippen LogP contribution in [0.2, 0.25) is 5.02 Å². The van der Waals surface area contributed by atoms with E-state index >= 15 is 0 Å². The average Bonchev–Trinajstić information content (AvgIpc) is 3.25. The molecule has 1 saturated carbocycles. The molecule has 0 bridgehead atoms. The van der Waals surface area contributed by atoms with Gasteiger partial charge in [0.2, 0.25) is 0 Å². The molecule has 0 radical (unpaired) electrons. The average molecular weight is 383 g/mol. The van der Waals surface area contributed by atoms with Gasteiger partial charge in [-0.05, 0) is 69.2 Å². The zero-order valence-corrected chi connectivity index (χ0v) is 16.2. The second kappa shape index (κ2) is 6.79. The second-order valence-corrected chi connectivity index (χ2v) is 8.28. The zero-order valence-electron chi connectivity index (χ0n) is 15.5. The quantitative estimate of drug-likeness (QED) is 0.615. The summed E-state index contributed by atoms with van der Waals surface area (Å²) in [4.78, 5) is 0. The zero-order chi connectivity index (χ0) is 18.4. The van der Waals surface area contributed by atoms with Gasteiger partial charge in [-0.1, -0.05) is 16.8 Å². The van der Waals surface area contributed by atoms with Crippen molar-refractivity contribution < 1.29 is 4.52 Å². The lowest BCUT2D eigenvalue weighted by Gasteiger charge is -2.27. The van der Waals surface area contributed by atoms with Crippen molar-refractivity contribution in [3.05, 3.63) is 58.0 Å². The predicted octanol–water partition coefficient (Wildman–Crippen LogP) is 5.15. The Balaban J connectivity index is 1.43. The van der Waals surface area contributed by atoms with E-state index in [1.54, 1.807) is 0 Å². The number of fused-ring (bicyclic) bond motifs is 3. The maximum atomic E-state index is 6.24. The molecule has 27 heavy (non-hydrogen) atoms. The van der Waals surface area contributed by atoms with Gasteiger partial charge in [0.25, 0.3) is 0 Å². The van der Waals surface area contributed by atoms with Gasteiger partial charge in [-0.15, -0.1) is 10.2 Å². The van der Waals surface area contributed by atoms with Crippen LogP contribution in [-0.4, -0.2) is 19.9 Å². The Hall–Kier alpha value is -2.14. The third kappa shape index (κ3) is 3.08. The molecule has 0 atom stereocenters. The van der Waals surface area contributed by atoms with E-state index in [2.05, 4.69) is 38.1 Å². The topological polar surface area (TPSA) is 56.7 Å². The van der Waals surface area contributed by atoms with Crippen LogP contribution in [-0.2, 0) is 12.8 Å². The van der Waals surface area contributed by atoms with Gasteiger partial charge in [0.1, 0.15) is 17.4 Å². The van der Waals surface area contributed by atoms with Crippen LogP contribution in [0, 0.1) is 6.92 Å². The molecule has 1 fully saturated rings. The van der Waals surface area contributed by atoms with Gasteiger partial charge < -0.3 is 4.52 Å². The van der Waals surface area contributed by atoms with E-state index in [1.165, 1.54) is 11.3 Å². The SMILES string of the molecule is Cc1cc(C2CCC(c3nnc4n3-c3ccc(Cl)cc3CCC4)CC2)no1. The molecule has 0 spiro atoms. The smallest absolute Gasteiger partial charge is 0.140 e. The molecule has 3 heterocycles. The summed E-state index contributed by atoms with van der Waals surface area (Å²) in [6, 6.07) is 8.28. The standard InChI is InChI=1S/C21H23ClN4O/c1-13-11-18(25-27-13)14-5-7-15(8-6-14)21-24-23-20-4-2-3-16-12-17(22)9-10-19(16)26(20)21/h9-12,14-15H,2-8H2,1H3. The van der Waals surface area contributed by atoms with Crippen LogP contribution in [0.5, 0.6) is 0 Å². The number of halogens is 1. The van der Waals surface area contributed by atoms with Gasteiger partial charge in [0, 0.05) is 29.3 Å². The van der Waals surface area contributed by atoms with Crippen molar-refractivity contribution in [1.82, 2.24) is 19.9 Å². The monoisotopic (exact) mass is 382 g/mol. The lowest BCUT2D eigenvalue weighted by Crippen LogP contribution is -2.17. The van der Waals surface area contributed by atoms with Gasteiger partial charge >= 0.3 is 0 Å². The number of aromatic nitrogens is 4. The predicted molar refractivity (Wildman–Crippen MR) is 104 cm³/mol. The second-order valence-electron chi connectivity index (χ2n) is 7.85. The van der Waals surface area contributed by atoms with E-state index < -0.39 is 0 Å². The number of rotatable bonds is 2. The van der Waals surface area contributed by atoms with Crippen LogP contribution in [0.1, 0.15) is 72.6 Å². The Morgan fingerprint density at radius 2 is 1.85 bits per heavy atom. The minimum atomic E-state index is 0.442. The summed E-state index contributed by atoms with van der Waals surface area (Å²) in [5, 5.41) is 14.2. The minimum Gasteiger partial charge on any atom is -0.361 e. The van der Waals surface area contributed by atoms with Crippen molar-refractivity contribution in [2.24, 2.45) is 0 Å². The molecule has 0 amide bonds. The Labute approximate surface area is 163 Å². The molecule has 5 rings (SSSR count). The van der Waals surface area contributed by atoms with Crippen LogP contribution >= 0.6 is 11.6 Å². The van der Waals surface area contributed by atoms with E-state index in [9.17, 15) is 0 Å².